The highest BCUT2D eigenvalue weighted by atomic mass is 127. The van der Waals surface area contributed by atoms with Gasteiger partial charge in [-0.05, 0) is 38.3 Å². The second-order valence-electron chi connectivity index (χ2n) is 7.07. The molecule has 1 aromatic rings. The predicted octanol–water partition coefficient (Wildman–Crippen LogP) is 3.09. The number of aliphatic imine (C=N–C) groups is 1. The molecule has 0 saturated heterocycles. The van der Waals surface area contributed by atoms with E-state index in [9.17, 15) is 8.42 Å². The van der Waals surface area contributed by atoms with Crippen molar-refractivity contribution in [1.29, 1.82) is 0 Å². The zero-order valence-corrected chi connectivity index (χ0v) is 19.8. The fourth-order valence-corrected chi connectivity index (χ4v) is 3.52. The molecular formula is C17H27BrIN3O2S. The fourth-order valence-electron chi connectivity index (χ4n) is 2.48. The lowest BCUT2D eigenvalue weighted by Crippen LogP contribution is -2.49. The highest BCUT2D eigenvalue weighted by molar-refractivity contribution is 14.0. The number of rotatable bonds is 6. The molecule has 0 heterocycles. The first-order valence-electron chi connectivity index (χ1n) is 8.00. The lowest BCUT2D eigenvalue weighted by molar-refractivity contribution is 0.543. The monoisotopic (exact) mass is 543 g/mol. The maximum atomic E-state index is 11.8. The third-order valence-electron chi connectivity index (χ3n) is 4.80. The van der Waals surface area contributed by atoms with Gasteiger partial charge in [-0.15, -0.1) is 24.0 Å². The van der Waals surface area contributed by atoms with E-state index in [1.54, 1.807) is 20.9 Å². The third-order valence-corrected chi connectivity index (χ3v) is 7.65. The number of halogens is 2. The second kappa shape index (κ2) is 8.56. The maximum absolute atomic E-state index is 11.8. The summed E-state index contributed by atoms with van der Waals surface area (Å²) in [5.74, 6) is 0.630. The van der Waals surface area contributed by atoms with Crippen LogP contribution in [0.3, 0.4) is 0 Å². The van der Waals surface area contributed by atoms with Crippen LogP contribution >= 0.6 is 39.9 Å². The van der Waals surface area contributed by atoms with Gasteiger partial charge < -0.3 is 10.6 Å². The second-order valence-corrected chi connectivity index (χ2v) is 10.6. The average molecular weight is 544 g/mol. The fraction of sp³-hybridized carbons (Fsp3) is 0.588. The molecule has 0 amide bonds. The van der Waals surface area contributed by atoms with Gasteiger partial charge in [0.05, 0.1) is 4.75 Å². The molecule has 5 nitrogen and oxygen atoms in total. The van der Waals surface area contributed by atoms with E-state index in [-0.39, 0.29) is 29.4 Å². The standard InChI is InChI=1S/C17H26BrN3O2S.HI/c1-16(2,24(4,22)23)11-20-15(19-3)21-12-17(9-10-17)13-7-5-6-8-14(13)18;/h5-8H,9-12H2,1-4H3,(H2,19,20,21);1H. The van der Waals surface area contributed by atoms with Gasteiger partial charge >= 0.3 is 0 Å². The summed E-state index contributed by atoms with van der Waals surface area (Å²) in [6.07, 6.45) is 3.53. The molecule has 0 atom stereocenters. The van der Waals surface area contributed by atoms with Gasteiger partial charge in [-0.3, -0.25) is 4.99 Å². The van der Waals surface area contributed by atoms with Crippen LogP contribution in [0.25, 0.3) is 0 Å². The van der Waals surface area contributed by atoms with Gasteiger partial charge in [0.1, 0.15) is 0 Å². The highest BCUT2D eigenvalue weighted by Gasteiger charge is 2.45. The molecule has 0 spiro atoms. The zero-order valence-electron chi connectivity index (χ0n) is 15.1. The SMILES string of the molecule is CN=C(NCC1(c2ccccc2Br)CC1)NCC(C)(C)S(C)(=O)=O.I. The topological polar surface area (TPSA) is 70.6 Å². The van der Waals surface area contributed by atoms with E-state index in [1.807, 2.05) is 6.07 Å². The molecule has 0 radical (unpaired) electrons. The van der Waals surface area contributed by atoms with Crippen LogP contribution < -0.4 is 10.6 Å². The molecule has 0 aliphatic heterocycles. The third kappa shape index (κ3) is 5.56. The van der Waals surface area contributed by atoms with Crippen molar-refractivity contribution in [3.05, 3.63) is 34.3 Å². The first kappa shape index (κ1) is 22.7. The van der Waals surface area contributed by atoms with Crippen LogP contribution in [-0.4, -0.2) is 45.5 Å². The average Bonchev–Trinajstić information content (AvgIpc) is 3.27. The quantitative estimate of drug-likeness (QED) is 0.328. The van der Waals surface area contributed by atoms with Crippen molar-refractivity contribution in [2.45, 2.75) is 36.9 Å². The van der Waals surface area contributed by atoms with Crippen molar-refractivity contribution in [3.8, 4) is 0 Å². The largest absolute Gasteiger partial charge is 0.356 e. The molecule has 2 N–H and O–H groups in total. The van der Waals surface area contributed by atoms with Gasteiger partial charge in [-0.25, -0.2) is 8.42 Å². The summed E-state index contributed by atoms with van der Waals surface area (Å²) in [6, 6.07) is 8.30. The Morgan fingerprint density at radius 2 is 1.88 bits per heavy atom. The van der Waals surface area contributed by atoms with Crippen LogP contribution in [0.2, 0.25) is 0 Å². The van der Waals surface area contributed by atoms with E-state index in [4.69, 9.17) is 0 Å². The Bertz CT molecular complexity index is 731. The summed E-state index contributed by atoms with van der Waals surface area (Å²) in [6.45, 7) is 4.51. The van der Waals surface area contributed by atoms with Gasteiger partial charge in [0.2, 0.25) is 0 Å². The number of hydrogen-bond donors (Lipinski definition) is 2. The molecule has 1 aliphatic rings. The lowest BCUT2D eigenvalue weighted by Gasteiger charge is -2.25. The minimum atomic E-state index is -3.14. The Kier molecular flexibility index (Phi) is 7.77. The van der Waals surface area contributed by atoms with Crippen LogP contribution in [0, 0.1) is 0 Å². The van der Waals surface area contributed by atoms with Crippen molar-refractivity contribution < 1.29 is 8.42 Å². The van der Waals surface area contributed by atoms with E-state index < -0.39 is 14.6 Å². The zero-order chi connectivity index (χ0) is 18.0. The Morgan fingerprint density at radius 3 is 2.36 bits per heavy atom. The predicted molar refractivity (Wildman–Crippen MR) is 119 cm³/mol. The summed E-state index contributed by atoms with van der Waals surface area (Å²) in [4.78, 5) is 4.21. The Morgan fingerprint density at radius 1 is 1.28 bits per heavy atom. The Balaban J connectivity index is 0.00000312. The molecular weight excluding hydrogens is 517 g/mol. The van der Waals surface area contributed by atoms with Gasteiger partial charge in [-0.1, -0.05) is 34.1 Å². The van der Waals surface area contributed by atoms with Crippen molar-refractivity contribution in [1.82, 2.24) is 10.6 Å². The van der Waals surface area contributed by atoms with Crippen LogP contribution in [0.4, 0.5) is 0 Å². The van der Waals surface area contributed by atoms with Gasteiger partial charge in [0, 0.05) is 36.3 Å². The van der Waals surface area contributed by atoms with Crippen molar-refractivity contribution >= 4 is 55.7 Å². The molecule has 0 aromatic heterocycles. The number of benzene rings is 1. The first-order chi connectivity index (χ1) is 11.1. The molecule has 1 aromatic carbocycles. The van der Waals surface area contributed by atoms with Crippen molar-refractivity contribution in [2.24, 2.45) is 4.99 Å². The van der Waals surface area contributed by atoms with Crippen LogP contribution in [-0.2, 0) is 15.3 Å². The summed E-state index contributed by atoms with van der Waals surface area (Å²) in [5.41, 5.74) is 1.44. The van der Waals surface area contributed by atoms with Gasteiger partial charge in [0.15, 0.2) is 15.8 Å². The highest BCUT2D eigenvalue weighted by Crippen LogP contribution is 2.49. The van der Waals surface area contributed by atoms with Crippen LogP contribution in [0.5, 0.6) is 0 Å². The van der Waals surface area contributed by atoms with Gasteiger partial charge in [0.25, 0.3) is 0 Å². The molecule has 0 unspecified atom stereocenters. The summed E-state index contributed by atoms with van der Waals surface area (Å²) in [7, 11) is -1.44. The normalized spacial score (nSPS) is 16.8. The molecule has 25 heavy (non-hydrogen) atoms. The molecule has 1 saturated carbocycles. The van der Waals surface area contributed by atoms with Gasteiger partial charge in [-0.2, -0.15) is 0 Å². The molecule has 8 heteroatoms. The summed E-state index contributed by atoms with van der Waals surface area (Å²) >= 11 is 3.63. The minimum absolute atomic E-state index is 0. The minimum Gasteiger partial charge on any atom is -0.356 e. The van der Waals surface area contributed by atoms with E-state index in [2.05, 4.69) is 49.8 Å². The molecule has 2 rings (SSSR count). The van der Waals surface area contributed by atoms with E-state index in [0.717, 1.165) is 23.9 Å². The number of sulfone groups is 1. The number of hydrogen-bond acceptors (Lipinski definition) is 3. The Labute approximate surface area is 176 Å². The first-order valence-corrected chi connectivity index (χ1v) is 10.7. The van der Waals surface area contributed by atoms with E-state index in [0.29, 0.717) is 12.5 Å². The number of nitrogens with zero attached hydrogens (tertiary/aromatic N) is 1. The smallest absolute Gasteiger partial charge is 0.191 e. The van der Waals surface area contributed by atoms with E-state index >= 15 is 0 Å². The van der Waals surface area contributed by atoms with Crippen LogP contribution in [0.15, 0.2) is 33.7 Å². The summed E-state index contributed by atoms with van der Waals surface area (Å²) in [5, 5.41) is 6.48. The molecule has 1 aliphatic carbocycles. The molecule has 0 bridgehead atoms. The number of guanidine groups is 1. The van der Waals surface area contributed by atoms with Crippen LogP contribution in [0.1, 0.15) is 32.3 Å². The molecule has 142 valence electrons. The van der Waals surface area contributed by atoms with E-state index in [1.165, 1.54) is 11.8 Å². The molecule has 1 fully saturated rings. The maximum Gasteiger partial charge on any atom is 0.191 e. The van der Waals surface area contributed by atoms with Crippen molar-refractivity contribution in [3.63, 3.8) is 0 Å². The number of nitrogens with one attached hydrogen (secondary N) is 2. The Hall–Kier alpha value is -0.350. The summed E-state index contributed by atoms with van der Waals surface area (Å²) < 4.78 is 23.9. The van der Waals surface area contributed by atoms with Crippen molar-refractivity contribution in [2.75, 3.05) is 26.4 Å². The lowest BCUT2D eigenvalue weighted by atomic mass is 9.96.